The van der Waals surface area contributed by atoms with Crippen molar-refractivity contribution in [3.05, 3.63) is 0 Å². The molecule has 3 nitrogen and oxygen atoms in total. The van der Waals surface area contributed by atoms with Gasteiger partial charge in [-0.15, -0.1) is 0 Å². The van der Waals surface area contributed by atoms with E-state index in [0.717, 1.165) is 0 Å². The Bertz CT molecular complexity index is 226. The maximum atomic E-state index is 12.2. The molecular weight excluding hydrogens is 201 g/mol. The molecule has 3 atom stereocenters. The first kappa shape index (κ1) is 11.3. The molecule has 0 spiro atoms. The largest absolute Gasteiger partial charge is 0.481 e. The average Bonchev–Trinajstić information content (AvgIpc) is 2.01. The highest BCUT2D eigenvalue weighted by Crippen LogP contribution is 2.39. The van der Waals surface area contributed by atoms with E-state index < -0.39 is 36.5 Å². The van der Waals surface area contributed by atoms with Crippen molar-refractivity contribution in [2.24, 2.45) is 11.8 Å². The van der Waals surface area contributed by atoms with Crippen LogP contribution in [0.4, 0.5) is 13.2 Å². The van der Waals surface area contributed by atoms with E-state index in [1.165, 1.54) is 0 Å². The number of hydrogen-bond acceptors (Lipinski definition) is 2. The van der Waals surface area contributed by atoms with Gasteiger partial charge in [0.1, 0.15) is 0 Å². The van der Waals surface area contributed by atoms with Crippen molar-refractivity contribution in [2.45, 2.75) is 31.5 Å². The average molecular weight is 212 g/mol. The monoisotopic (exact) mass is 212 g/mol. The quantitative estimate of drug-likeness (QED) is 0.690. The molecule has 0 aromatic rings. The van der Waals surface area contributed by atoms with Gasteiger partial charge in [0.15, 0.2) is 0 Å². The highest BCUT2D eigenvalue weighted by Gasteiger charge is 2.46. The van der Waals surface area contributed by atoms with E-state index >= 15 is 0 Å². The molecule has 0 saturated heterocycles. The molecule has 0 amide bonds. The minimum atomic E-state index is -4.41. The highest BCUT2D eigenvalue weighted by atomic mass is 19.4. The van der Waals surface area contributed by atoms with Gasteiger partial charge < -0.3 is 10.2 Å². The van der Waals surface area contributed by atoms with Crippen molar-refractivity contribution in [3.63, 3.8) is 0 Å². The van der Waals surface area contributed by atoms with Crippen LogP contribution in [0.3, 0.4) is 0 Å². The predicted molar refractivity (Wildman–Crippen MR) is 40.5 cm³/mol. The van der Waals surface area contributed by atoms with Crippen LogP contribution in [0.2, 0.25) is 0 Å². The first-order chi connectivity index (χ1) is 6.30. The highest BCUT2D eigenvalue weighted by molar-refractivity contribution is 5.70. The van der Waals surface area contributed by atoms with Gasteiger partial charge in [-0.05, 0) is 19.3 Å². The van der Waals surface area contributed by atoms with Crippen LogP contribution < -0.4 is 0 Å². The molecule has 1 rings (SSSR count). The van der Waals surface area contributed by atoms with Gasteiger partial charge in [-0.1, -0.05) is 0 Å². The van der Waals surface area contributed by atoms with Gasteiger partial charge in [0.05, 0.1) is 17.9 Å². The van der Waals surface area contributed by atoms with Crippen LogP contribution in [0.15, 0.2) is 0 Å². The third kappa shape index (κ3) is 2.60. The summed E-state index contributed by atoms with van der Waals surface area (Å²) in [6, 6.07) is 0. The van der Waals surface area contributed by atoms with Gasteiger partial charge in [0.25, 0.3) is 0 Å². The fourth-order valence-electron chi connectivity index (χ4n) is 1.76. The summed E-state index contributed by atoms with van der Waals surface area (Å²) < 4.78 is 36.7. The van der Waals surface area contributed by atoms with Crippen LogP contribution in [-0.2, 0) is 4.79 Å². The molecule has 82 valence electrons. The Kier molecular flexibility index (Phi) is 3.04. The van der Waals surface area contributed by atoms with Crippen LogP contribution in [0.5, 0.6) is 0 Å². The maximum Gasteiger partial charge on any atom is 0.391 e. The first-order valence-electron chi connectivity index (χ1n) is 4.28. The SMILES string of the molecule is O=C(O)C1CC(O)CC(C(F)(F)F)C1. The summed E-state index contributed by atoms with van der Waals surface area (Å²) in [5.74, 6) is -4.03. The lowest BCUT2D eigenvalue weighted by Gasteiger charge is -2.31. The molecule has 0 bridgehead atoms. The van der Waals surface area contributed by atoms with Crippen molar-refractivity contribution >= 4 is 5.97 Å². The van der Waals surface area contributed by atoms with Gasteiger partial charge >= 0.3 is 12.1 Å². The smallest absolute Gasteiger partial charge is 0.391 e. The third-order valence-corrected chi connectivity index (χ3v) is 2.49. The Morgan fingerprint density at radius 2 is 1.79 bits per heavy atom. The fourth-order valence-corrected chi connectivity index (χ4v) is 1.76. The molecule has 0 radical (unpaired) electrons. The minimum absolute atomic E-state index is 0.0814. The normalized spacial score (nSPS) is 34.1. The molecule has 14 heavy (non-hydrogen) atoms. The Hall–Kier alpha value is -0.780. The van der Waals surface area contributed by atoms with Crippen LogP contribution in [0, 0.1) is 11.8 Å². The lowest BCUT2D eigenvalue weighted by atomic mass is 9.79. The maximum absolute atomic E-state index is 12.2. The van der Waals surface area contributed by atoms with Crippen molar-refractivity contribution in [1.29, 1.82) is 0 Å². The minimum Gasteiger partial charge on any atom is -0.481 e. The second-order valence-corrected chi connectivity index (χ2v) is 3.63. The molecule has 0 aromatic heterocycles. The van der Waals surface area contributed by atoms with Gasteiger partial charge in [-0.2, -0.15) is 13.2 Å². The molecule has 1 aliphatic carbocycles. The number of carbonyl (C=O) groups is 1. The Labute approximate surface area is 78.5 Å². The lowest BCUT2D eigenvalue weighted by Crippen LogP contribution is -2.37. The Morgan fingerprint density at radius 3 is 2.21 bits per heavy atom. The summed E-state index contributed by atoms with van der Waals surface area (Å²) in [4.78, 5) is 10.5. The molecule has 1 aliphatic rings. The summed E-state index contributed by atoms with van der Waals surface area (Å²) in [5.41, 5.74) is 0. The zero-order valence-electron chi connectivity index (χ0n) is 7.29. The van der Waals surface area contributed by atoms with Crippen molar-refractivity contribution in [2.75, 3.05) is 0 Å². The van der Waals surface area contributed by atoms with E-state index in [1.54, 1.807) is 0 Å². The molecule has 0 heterocycles. The zero-order chi connectivity index (χ0) is 10.9. The standard InChI is InChI=1S/C8H11F3O3/c9-8(10,11)5-1-4(7(13)14)2-6(12)3-5/h4-6,12H,1-3H2,(H,13,14). The zero-order valence-corrected chi connectivity index (χ0v) is 7.29. The number of rotatable bonds is 1. The van der Waals surface area contributed by atoms with Crippen LogP contribution in [-0.4, -0.2) is 28.5 Å². The van der Waals surface area contributed by atoms with E-state index in [-0.39, 0.29) is 12.8 Å². The number of alkyl halides is 3. The summed E-state index contributed by atoms with van der Waals surface area (Å²) in [6.45, 7) is 0. The third-order valence-electron chi connectivity index (χ3n) is 2.49. The van der Waals surface area contributed by atoms with Crippen LogP contribution in [0.1, 0.15) is 19.3 Å². The molecule has 3 unspecified atom stereocenters. The van der Waals surface area contributed by atoms with Crippen molar-refractivity contribution < 1.29 is 28.2 Å². The number of carboxylic acid groups (broad SMARTS) is 1. The van der Waals surface area contributed by atoms with E-state index in [4.69, 9.17) is 10.2 Å². The molecular formula is C8H11F3O3. The second-order valence-electron chi connectivity index (χ2n) is 3.63. The molecule has 6 heteroatoms. The van der Waals surface area contributed by atoms with E-state index in [9.17, 15) is 18.0 Å². The van der Waals surface area contributed by atoms with Crippen molar-refractivity contribution in [1.82, 2.24) is 0 Å². The summed E-state index contributed by atoms with van der Waals surface area (Å²) in [6.07, 6.45) is -6.45. The van der Waals surface area contributed by atoms with Crippen LogP contribution in [0.25, 0.3) is 0 Å². The van der Waals surface area contributed by atoms with Crippen molar-refractivity contribution in [3.8, 4) is 0 Å². The van der Waals surface area contributed by atoms with E-state index in [0.29, 0.717) is 0 Å². The topological polar surface area (TPSA) is 57.5 Å². The number of aliphatic carboxylic acids is 1. The summed E-state index contributed by atoms with van der Waals surface area (Å²) >= 11 is 0. The number of aliphatic hydroxyl groups is 1. The number of hydrogen-bond donors (Lipinski definition) is 2. The molecule has 1 saturated carbocycles. The van der Waals surface area contributed by atoms with Gasteiger partial charge in [-0.3, -0.25) is 4.79 Å². The summed E-state index contributed by atoms with van der Waals surface area (Å²) in [7, 11) is 0. The van der Waals surface area contributed by atoms with Gasteiger partial charge in [-0.25, -0.2) is 0 Å². The van der Waals surface area contributed by atoms with Gasteiger partial charge in [0.2, 0.25) is 0 Å². The molecule has 0 aromatic carbocycles. The Balaban J connectivity index is 2.68. The molecule has 2 N–H and O–H groups in total. The van der Waals surface area contributed by atoms with E-state index in [2.05, 4.69) is 0 Å². The molecule has 1 fully saturated rings. The number of aliphatic hydroxyl groups excluding tert-OH is 1. The Morgan fingerprint density at radius 1 is 1.21 bits per heavy atom. The van der Waals surface area contributed by atoms with E-state index in [1.807, 2.05) is 0 Å². The first-order valence-corrected chi connectivity index (χ1v) is 4.28. The predicted octanol–water partition coefficient (Wildman–Crippen LogP) is 1.41. The molecule has 0 aliphatic heterocycles. The second kappa shape index (κ2) is 3.76. The summed E-state index contributed by atoms with van der Waals surface area (Å²) in [5, 5.41) is 17.7. The van der Waals surface area contributed by atoms with Gasteiger partial charge in [0, 0.05) is 0 Å². The van der Waals surface area contributed by atoms with Crippen LogP contribution >= 0.6 is 0 Å². The lowest BCUT2D eigenvalue weighted by molar-refractivity contribution is -0.196. The number of carboxylic acids is 1. The fraction of sp³-hybridized carbons (Fsp3) is 0.875. The number of halogens is 3.